The van der Waals surface area contributed by atoms with Crippen molar-refractivity contribution in [3.8, 4) is 5.69 Å². The first-order chi connectivity index (χ1) is 9.79. The quantitative estimate of drug-likeness (QED) is 0.921. The van der Waals surface area contributed by atoms with Gasteiger partial charge in [-0.05, 0) is 12.1 Å². The molecule has 3 heterocycles. The van der Waals surface area contributed by atoms with Gasteiger partial charge in [0.25, 0.3) is 0 Å². The van der Waals surface area contributed by atoms with E-state index in [4.69, 9.17) is 10.5 Å². The molecule has 0 radical (unpaired) electrons. The van der Waals surface area contributed by atoms with Crippen molar-refractivity contribution in [2.45, 2.75) is 13.0 Å². The Morgan fingerprint density at radius 2 is 2.10 bits per heavy atom. The van der Waals surface area contributed by atoms with E-state index in [0.29, 0.717) is 0 Å². The number of hydrogen-bond acceptors (Lipinski definition) is 5. The van der Waals surface area contributed by atoms with Gasteiger partial charge in [0.2, 0.25) is 0 Å². The van der Waals surface area contributed by atoms with E-state index in [2.05, 4.69) is 15.0 Å². The van der Waals surface area contributed by atoms with Gasteiger partial charge in [-0.2, -0.15) is 5.10 Å². The molecule has 1 aliphatic heterocycles. The summed E-state index contributed by atoms with van der Waals surface area (Å²) < 4.78 is 6.95. The average molecular weight is 310 g/mol. The lowest BCUT2D eigenvalue weighted by molar-refractivity contribution is 0.140. The zero-order valence-corrected chi connectivity index (χ0v) is 12.8. The number of aromatic nitrogens is 3. The fourth-order valence-corrected chi connectivity index (χ4v) is 2.54. The third-order valence-electron chi connectivity index (χ3n) is 3.67. The minimum absolute atomic E-state index is 0. The highest BCUT2D eigenvalue weighted by Crippen LogP contribution is 2.26. The lowest BCUT2D eigenvalue weighted by Crippen LogP contribution is -2.33. The Bertz CT molecular complexity index is 587. The first-order valence-corrected chi connectivity index (χ1v) is 6.77. The second-order valence-corrected chi connectivity index (χ2v) is 4.95. The topological polar surface area (TPSA) is 69.2 Å². The molecule has 0 atom stereocenters. The number of nitrogens with zero attached hydrogens (tertiary/aromatic N) is 4. The number of ether oxygens (including phenoxy) is 1. The molecule has 0 bridgehead atoms. The van der Waals surface area contributed by atoms with Crippen molar-refractivity contribution in [2.75, 3.05) is 32.5 Å². The molecule has 0 spiro atoms. The maximum atomic E-state index is 6.27. The number of pyridine rings is 1. The molecule has 3 rings (SSSR count). The third kappa shape index (κ3) is 3.18. The highest BCUT2D eigenvalue weighted by atomic mass is 35.5. The van der Waals surface area contributed by atoms with Gasteiger partial charge >= 0.3 is 0 Å². The van der Waals surface area contributed by atoms with Gasteiger partial charge in [-0.3, -0.25) is 9.88 Å². The molecule has 2 aromatic rings. The van der Waals surface area contributed by atoms with Crippen LogP contribution in [-0.2, 0) is 17.7 Å². The van der Waals surface area contributed by atoms with E-state index in [9.17, 15) is 0 Å². The molecule has 6 nitrogen and oxygen atoms in total. The smallest absolute Gasteiger partial charge is 0.132 e. The second-order valence-electron chi connectivity index (χ2n) is 4.95. The SMILES string of the molecule is COCCN1CCc2nn(-c3ccncc3)c(N)c2C1.Cl. The summed E-state index contributed by atoms with van der Waals surface area (Å²) in [6.07, 6.45) is 4.43. The Kier molecular flexibility index (Phi) is 5.17. The van der Waals surface area contributed by atoms with Crippen LogP contribution in [0.3, 0.4) is 0 Å². The number of hydrogen-bond donors (Lipinski definition) is 1. The van der Waals surface area contributed by atoms with Crippen molar-refractivity contribution in [2.24, 2.45) is 0 Å². The van der Waals surface area contributed by atoms with Crippen LogP contribution in [0.2, 0.25) is 0 Å². The monoisotopic (exact) mass is 309 g/mol. The summed E-state index contributed by atoms with van der Waals surface area (Å²) in [6, 6.07) is 3.83. The van der Waals surface area contributed by atoms with Crippen LogP contribution in [0.25, 0.3) is 5.69 Å². The minimum Gasteiger partial charge on any atom is -0.383 e. The van der Waals surface area contributed by atoms with Crippen molar-refractivity contribution in [1.29, 1.82) is 0 Å². The Morgan fingerprint density at radius 3 is 2.81 bits per heavy atom. The number of anilines is 1. The van der Waals surface area contributed by atoms with Crippen LogP contribution in [0.15, 0.2) is 24.5 Å². The Morgan fingerprint density at radius 1 is 1.33 bits per heavy atom. The summed E-state index contributed by atoms with van der Waals surface area (Å²) in [4.78, 5) is 6.37. The van der Waals surface area contributed by atoms with E-state index in [1.165, 1.54) is 0 Å². The number of rotatable bonds is 4. The molecule has 2 aromatic heterocycles. The lowest BCUT2D eigenvalue weighted by atomic mass is 10.1. The van der Waals surface area contributed by atoms with Crippen LogP contribution in [0, 0.1) is 0 Å². The molecular formula is C14H20ClN5O. The predicted molar refractivity (Wildman–Crippen MR) is 83.9 cm³/mol. The van der Waals surface area contributed by atoms with E-state index < -0.39 is 0 Å². The first kappa shape index (κ1) is 15.8. The van der Waals surface area contributed by atoms with Crippen LogP contribution in [0.4, 0.5) is 5.82 Å². The fourth-order valence-electron chi connectivity index (χ4n) is 2.54. The Hall–Kier alpha value is -1.63. The van der Waals surface area contributed by atoms with E-state index in [-0.39, 0.29) is 12.4 Å². The van der Waals surface area contributed by atoms with Gasteiger partial charge in [0, 0.05) is 51.1 Å². The fraction of sp³-hybridized carbons (Fsp3) is 0.429. The predicted octanol–water partition coefficient (Wildman–Crippen LogP) is 1.28. The normalized spacial score (nSPS) is 14.5. The van der Waals surface area contributed by atoms with Crippen molar-refractivity contribution in [3.63, 3.8) is 0 Å². The average Bonchev–Trinajstić information content (AvgIpc) is 2.83. The van der Waals surface area contributed by atoms with Gasteiger partial charge in [0.15, 0.2) is 0 Å². The van der Waals surface area contributed by atoms with Gasteiger partial charge in [0.1, 0.15) is 5.82 Å². The largest absolute Gasteiger partial charge is 0.383 e. The van der Waals surface area contributed by atoms with Crippen molar-refractivity contribution in [3.05, 3.63) is 35.8 Å². The summed E-state index contributed by atoms with van der Waals surface area (Å²) in [5.74, 6) is 0.730. The molecule has 114 valence electrons. The van der Waals surface area contributed by atoms with E-state index in [1.54, 1.807) is 19.5 Å². The molecule has 2 N–H and O–H groups in total. The lowest BCUT2D eigenvalue weighted by Gasteiger charge is -2.25. The van der Waals surface area contributed by atoms with Crippen LogP contribution >= 0.6 is 12.4 Å². The third-order valence-corrected chi connectivity index (χ3v) is 3.67. The number of nitrogen functional groups attached to an aromatic ring is 1. The van der Waals surface area contributed by atoms with Crippen molar-refractivity contribution in [1.82, 2.24) is 19.7 Å². The minimum atomic E-state index is 0. The molecule has 0 saturated carbocycles. The van der Waals surface area contributed by atoms with Gasteiger partial charge in [-0.25, -0.2) is 4.68 Å². The van der Waals surface area contributed by atoms with Crippen molar-refractivity contribution < 1.29 is 4.74 Å². The first-order valence-electron chi connectivity index (χ1n) is 6.77. The molecule has 1 aliphatic rings. The maximum absolute atomic E-state index is 6.27. The highest BCUT2D eigenvalue weighted by molar-refractivity contribution is 5.85. The Labute approximate surface area is 130 Å². The van der Waals surface area contributed by atoms with E-state index in [0.717, 1.165) is 55.4 Å². The number of nitrogens with two attached hydrogens (primary N) is 1. The highest BCUT2D eigenvalue weighted by Gasteiger charge is 2.23. The van der Waals surface area contributed by atoms with Crippen LogP contribution < -0.4 is 5.73 Å². The van der Waals surface area contributed by atoms with Crippen molar-refractivity contribution >= 4 is 18.2 Å². The number of fused-ring (bicyclic) bond motifs is 1. The summed E-state index contributed by atoms with van der Waals surface area (Å²) >= 11 is 0. The summed E-state index contributed by atoms with van der Waals surface area (Å²) in [5, 5.41) is 4.64. The summed E-state index contributed by atoms with van der Waals surface area (Å²) in [6.45, 7) is 3.52. The van der Waals surface area contributed by atoms with E-state index in [1.807, 2.05) is 16.8 Å². The Balaban J connectivity index is 0.00000161. The standard InChI is InChI=1S/C14H19N5O.ClH/c1-20-9-8-18-7-4-13-12(10-18)14(15)19(17-13)11-2-5-16-6-3-11;/h2-3,5-6H,4,7-10,15H2,1H3;1H. The van der Waals surface area contributed by atoms with Gasteiger partial charge in [-0.15, -0.1) is 12.4 Å². The molecule has 0 aliphatic carbocycles. The van der Waals surface area contributed by atoms with Gasteiger partial charge in [0.05, 0.1) is 18.0 Å². The van der Waals surface area contributed by atoms with Gasteiger partial charge < -0.3 is 10.5 Å². The van der Waals surface area contributed by atoms with Crippen LogP contribution in [-0.4, -0.2) is 46.5 Å². The molecule has 0 unspecified atom stereocenters. The molecule has 0 fully saturated rings. The van der Waals surface area contributed by atoms with Crippen LogP contribution in [0.5, 0.6) is 0 Å². The van der Waals surface area contributed by atoms with Crippen LogP contribution in [0.1, 0.15) is 11.3 Å². The second kappa shape index (κ2) is 6.89. The molecular weight excluding hydrogens is 290 g/mol. The summed E-state index contributed by atoms with van der Waals surface area (Å²) in [7, 11) is 1.73. The van der Waals surface area contributed by atoms with E-state index >= 15 is 0 Å². The van der Waals surface area contributed by atoms with Gasteiger partial charge in [-0.1, -0.05) is 0 Å². The molecule has 21 heavy (non-hydrogen) atoms. The number of methoxy groups -OCH3 is 1. The molecule has 0 aromatic carbocycles. The summed E-state index contributed by atoms with van der Waals surface area (Å²) in [5.41, 5.74) is 9.47. The zero-order chi connectivity index (χ0) is 13.9. The number of halogens is 1. The molecule has 7 heteroatoms. The zero-order valence-electron chi connectivity index (χ0n) is 12.0. The molecule has 0 amide bonds. The molecule has 0 saturated heterocycles. The maximum Gasteiger partial charge on any atom is 0.132 e.